The van der Waals surface area contributed by atoms with Crippen molar-refractivity contribution in [3.63, 3.8) is 0 Å². The number of carbonyl (C=O) groups excluding carboxylic acids is 1. The van der Waals surface area contributed by atoms with Crippen molar-refractivity contribution in [1.29, 1.82) is 0 Å². The van der Waals surface area contributed by atoms with E-state index in [0.29, 0.717) is 18.7 Å². The highest BCUT2D eigenvalue weighted by Gasteiger charge is 2.43. The topological polar surface area (TPSA) is 75.3 Å². The number of hydrogen-bond donors (Lipinski definition) is 1. The largest absolute Gasteiger partial charge is 0.381 e. The first-order chi connectivity index (χ1) is 12.1. The maximum Gasteiger partial charge on any atom is 0.254 e. The van der Waals surface area contributed by atoms with Gasteiger partial charge in [0.25, 0.3) is 5.56 Å². The van der Waals surface area contributed by atoms with Crippen molar-refractivity contribution in [3.8, 4) is 0 Å². The molecule has 3 heterocycles. The molecule has 2 fully saturated rings. The highest BCUT2D eigenvalue weighted by atomic mass is 16.5. The Labute approximate surface area is 148 Å². The van der Waals surface area contributed by atoms with E-state index >= 15 is 0 Å². The number of aromatic nitrogens is 2. The van der Waals surface area contributed by atoms with Gasteiger partial charge in [-0.15, -0.1) is 0 Å². The number of nitrogens with zero attached hydrogens (tertiary/aromatic N) is 2. The van der Waals surface area contributed by atoms with Crippen molar-refractivity contribution in [1.82, 2.24) is 14.9 Å². The number of methoxy groups -OCH3 is 1. The summed E-state index contributed by atoms with van der Waals surface area (Å²) in [5, 5.41) is 0. The summed E-state index contributed by atoms with van der Waals surface area (Å²) in [5.41, 5.74) is 1.65. The summed E-state index contributed by atoms with van der Waals surface area (Å²) in [6.07, 6.45) is 7.46. The summed E-state index contributed by atoms with van der Waals surface area (Å²) >= 11 is 0. The number of amides is 1. The predicted molar refractivity (Wildman–Crippen MR) is 93.4 cm³/mol. The summed E-state index contributed by atoms with van der Waals surface area (Å²) in [4.78, 5) is 35.2. The van der Waals surface area contributed by atoms with Crippen LogP contribution in [0.1, 0.15) is 55.6 Å². The number of ether oxygens (including phenoxy) is 1. The normalized spacial score (nSPS) is 31.5. The lowest BCUT2D eigenvalue weighted by Crippen LogP contribution is -2.46. The molecule has 1 saturated carbocycles. The molecule has 1 aromatic rings. The quantitative estimate of drug-likeness (QED) is 0.886. The molecule has 0 unspecified atom stereocenters. The van der Waals surface area contributed by atoms with Crippen molar-refractivity contribution < 1.29 is 9.53 Å². The van der Waals surface area contributed by atoms with Crippen LogP contribution in [0.3, 0.4) is 0 Å². The standard InChI is InChI=1S/C19H27N3O3/c1-11-20-17-10-14-7-6-13(9-16(17)18(23)21-11)22(14)19(24)12-4-3-5-15(8-12)25-2/h12-15H,3-10H2,1-2H3,(H,20,21,23)/t12-,13-,14-,15+/m0/s1. The van der Waals surface area contributed by atoms with Crippen LogP contribution in [0.2, 0.25) is 0 Å². The van der Waals surface area contributed by atoms with E-state index in [-0.39, 0.29) is 35.6 Å². The van der Waals surface area contributed by atoms with E-state index in [1.807, 2.05) is 6.92 Å². The minimum Gasteiger partial charge on any atom is -0.381 e. The summed E-state index contributed by atoms with van der Waals surface area (Å²) < 4.78 is 5.51. The summed E-state index contributed by atoms with van der Waals surface area (Å²) in [5.74, 6) is 1.00. The van der Waals surface area contributed by atoms with Gasteiger partial charge in [-0.1, -0.05) is 6.42 Å². The Hall–Kier alpha value is -1.69. The molecule has 4 rings (SSSR count). The second-order valence-electron chi connectivity index (χ2n) is 7.84. The molecular formula is C19H27N3O3. The number of carbonyl (C=O) groups is 1. The Morgan fingerprint density at radius 3 is 2.72 bits per heavy atom. The van der Waals surface area contributed by atoms with Gasteiger partial charge in [0, 0.05) is 43.5 Å². The van der Waals surface area contributed by atoms with E-state index < -0.39 is 0 Å². The van der Waals surface area contributed by atoms with Crippen LogP contribution >= 0.6 is 0 Å². The maximum absolute atomic E-state index is 13.3. The van der Waals surface area contributed by atoms with Crippen LogP contribution in [0.5, 0.6) is 0 Å². The molecule has 6 heteroatoms. The van der Waals surface area contributed by atoms with E-state index in [9.17, 15) is 9.59 Å². The molecule has 1 N–H and O–H groups in total. The minimum atomic E-state index is -0.0282. The van der Waals surface area contributed by atoms with Gasteiger partial charge in [0.15, 0.2) is 0 Å². The van der Waals surface area contributed by atoms with Gasteiger partial charge >= 0.3 is 0 Å². The van der Waals surface area contributed by atoms with Crippen molar-refractivity contribution >= 4 is 5.91 Å². The van der Waals surface area contributed by atoms with Gasteiger partial charge in [0.1, 0.15) is 5.82 Å². The number of fused-ring (bicyclic) bond motifs is 3. The molecular weight excluding hydrogens is 318 g/mol. The zero-order valence-electron chi connectivity index (χ0n) is 15.1. The number of hydrogen-bond acceptors (Lipinski definition) is 4. The van der Waals surface area contributed by atoms with Crippen LogP contribution in [0, 0.1) is 12.8 Å². The molecule has 2 bridgehead atoms. The fourth-order valence-electron chi connectivity index (χ4n) is 5.02. The third-order valence-electron chi connectivity index (χ3n) is 6.27. The number of aromatic amines is 1. The molecule has 3 aliphatic rings. The summed E-state index contributed by atoms with van der Waals surface area (Å²) in [6.45, 7) is 1.82. The van der Waals surface area contributed by atoms with Crippen LogP contribution in [0.4, 0.5) is 0 Å². The Morgan fingerprint density at radius 2 is 1.96 bits per heavy atom. The SMILES string of the molecule is CO[C@@H]1CCC[C@H](C(=O)N2[C@H]3CC[C@H]2Cc2c(nc(C)[nH]c2=O)C3)C1. The molecule has 1 saturated heterocycles. The summed E-state index contributed by atoms with van der Waals surface area (Å²) in [7, 11) is 1.74. The van der Waals surface area contributed by atoms with Crippen LogP contribution in [0.25, 0.3) is 0 Å². The molecule has 4 atom stereocenters. The zero-order chi connectivity index (χ0) is 17.6. The van der Waals surface area contributed by atoms with Crippen molar-refractivity contribution in [2.45, 2.75) is 76.5 Å². The van der Waals surface area contributed by atoms with Crippen LogP contribution in [-0.2, 0) is 22.4 Å². The maximum atomic E-state index is 13.3. The molecule has 0 radical (unpaired) electrons. The average Bonchev–Trinajstić information content (AvgIpc) is 2.90. The fourth-order valence-corrected chi connectivity index (χ4v) is 5.02. The lowest BCUT2D eigenvalue weighted by molar-refractivity contribution is -0.141. The molecule has 6 nitrogen and oxygen atoms in total. The molecule has 136 valence electrons. The first-order valence-electron chi connectivity index (χ1n) is 9.50. The molecule has 25 heavy (non-hydrogen) atoms. The second-order valence-corrected chi connectivity index (χ2v) is 7.84. The molecule has 1 amide bonds. The number of nitrogens with one attached hydrogen (secondary N) is 1. The van der Waals surface area contributed by atoms with Gasteiger partial charge in [0.2, 0.25) is 5.91 Å². The first kappa shape index (κ1) is 16.8. The average molecular weight is 345 g/mol. The third kappa shape index (κ3) is 3.01. The minimum absolute atomic E-state index is 0.0282. The molecule has 1 aromatic heterocycles. The molecule has 2 aliphatic heterocycles. The lowest BCUT2D eigenvalue weighted by Gasteiger charge is -2.35. The smallest absolute Gasteiger partial charge is 0.254 e. The zero-order valence-corrected chi connectivity index (χ0v) is 15.1. The first-order valence-corrected chi connectivity index (χ1v) is 9.50. The summed E-state index contributed by atoms with van der Waals surface area (Å²) in [6, 6.07) is 0.336. The molecule has 0 aromatic carbocycles. The van der Waals surface area contributed by atoms with E-state index in [2.05, 4.69) is 14.9 Å². The Morgan fingerprint density at radius 1 is 1.20 bits per heavy atom. The third-order valence-corrected chi connectivity index (χ3v) is 6.27. The fraction of sp³-hybridized carbons (Fsp3) is 0.737. The number of H-pyrrole nitrogens is 1. The monoisotopic (exact) mass is 345 g/mol. The number of rotatable bonds is 2. The van der Waals surface area contributed by atoms with Gasteiger partial charge in [-0.25, -0.2) is 4.98 Å². The Kier molecular flexibility index (Phi) is 4.40. The molecule has 1 aliphatic carbocycles. The Bertz CT molecular complexity index is 729. The highest BCUT2D eigenvalue weighted by molar-refractivity contribution is 5.80. The molecule has 0 spiro atoms. The predicted octanol–water partition coefficient (Wildman–Crippen LogP) is 1.74. The highest BCUT2D eigenvalue weighted by Crippen LogP contribution is 2.36. The van der Waals surface area contributed by atoms with E-state index in [1.54, 1.807) is 7.11 Å². The lowest BCUT2D eigenvalue weighted by atomic mass is 9.86. The van der Waals surface area contributed by atoms with Gasteiger partial charge in [-0.3, -0.25) is 9.59 Å². The van der Waals surface area contributed by atoms with Gasteiger partial charge in [0.05, 0.1) is 11.8 Å². The van der Waals surface area contributed by atoms with E-state index in [4.69, 9.17) is 4.74 Å². The second kappa shape index (κ2) is 6.56. The van der Waals surface area contributed by atoms with Gasteiger partial charge < -0.3 is 14.6 Å². The van der Waals surface area contributed by atoms with Gasteiger partial charge in [-0.05, 0) is 39.0 Å². The van der Waals surface area contributed by atoms with Crippen molar-refractivity contribution in [3.05, 3.63) is 27.4 Å². The number of aryl methyl sites for hydroxylation is 1. The van der Waals surface area contributed by atoms with Gasteiger partial charge in [-0.2, -0.15) is 0 Å². The van der Waals surface area contributed by atoms with Crippen LogP contribution < -0.4 is 5.56 Å². The van der Waals surface area contributed by atoms with Crippen LogP contribution in [0.15, 0.2) is 4.79 Å². The van der Waals surface area contributed by atoms with E-state index in [0.717, 1.165) is 49.8 Å². The van der Waals surface area contributed by atoms with Crippen molar-refractivity contribution in [2.24, 2.45) is 5.92 Å². The van der Waals surface area contributed by atoms with E-state index in [1.165, 1.54) is 0 Å². The van der Waals surface area contributed by atoms with Crippen molar-refractivity contribution in [2.75, 3.05) is 7.11 Å². The van der Waals surface area contributed by atoms with Crippen LogP contribution in [-0.4, -0.2) is 46.1 Å². The Balaban J connectivity index is 1.59.